The molecule has 2 aromatic heterocycles. The van der Waals surface area contributed by atoms with Crippen LogP contribution in [0.2, 0.25) is 0 Å². The Labute approximate surface area is 102 Å². The fourth-order valence-corrected chi connectivity index (χ4v) is 3.21. The summed E-state index contributed by atoms with van der Waals surface area (Å²) in [6.45, 7) is 0.421. The Morgan fingerprint density at radius 1 is 1.53 bits per heavy atom. The fourth-order valence-electron chi connectivity index (χ4n) is 1.29. The van der Waals surface area contributed by atoms with Crippen LogP contribution >= 0.6 is 11.3 Å². The third-order valence-electron chi connectivity index (χ3n) is 1.97. The van der Waals surface area contributed by atoms with Crippen molar-refractivity contribution in [3.8, 4) is 0 Å². The molecule has 0 amide bonds. The van der Waals surface area contributed by atoms with Gasteiger partial charge in [-0.3, -0.25) is 9.82 Å². The van der Waals surface area contributed by atoms with E-state index in [9.17, 15) is 8.42 Å². The molecule has 2 heterocycles. The zero-order chi connectivity index (χ0) is 12.3. The molecule has 0 aliphatic rings. The highest BCUT2D eigenvalue weighted by molar-refractivity contribution is 7.92. The molecule has 0 aromatic carbocycles. The largest absolute Gasteiger partial charge is 0.316 e. The predicted molar refractivity (Wildman–Crippen MR) is 64.3 cm³/mol. The summed E-state index contributed by atoms with van der Waals surface area (Å²) in [5.74, 6) is 0. The van der Waals surface area contributed by atoms with Crippen LogP contribution in [0.1, 0.15) is 5.56 Å². The molecule has 0 bridgehead atoms. The highest BCUT2D eigenvalue weighted by Gasteiger charge is 2.21. The van der Waals surface area contributed by atoms with E-state index in [2.05, 4.69) is 25.2 Å². The lowest BCUT2D eigenvalue weighted by Gasteiger charge is -2.05. The molecule has 0 atom stereocenters. The lowest BCUT2D eigenvalue weighted by Crippen LogP contribution is -2.17. The lowest BCUT2D eigenvalue weighted by atomic mass is 10.4. The standard InChI is InChI=1S/C8H11N5O2S2/c1-9-4-6-5-11-12-7(6)17(14,15)13-8-10-2-3-16-8/h2-3,5,9H,4H2,1H3,(H,10,13)(H,11,12). The SMILES string of the molecule is CNCc1cn[nH]c1S(=O)(=O)Nc1nccs1. The normalized spacial score (nSPS) is 11.6. The van der Waals surface area contributed by atoms with Crippen molar-refractivity contribution >= 4 is 26.5 Å². The number of aromatic nitrogens is 3. The van der Waals surface area contributed by atoms with Gasteiger partial charge < -0.3 is 5.32 Å². The topological polar surface area (TPSA) is 99.8 Å². The van der Waals surface area contributed by atoms with E-state index in [4.69, 9.17) is 0 Å². The number of rotatable bonds is 5. The molecular weight excluding hydrogens is 262 g/mol. The molecular formula is C8H11N5O2S2. The van der Waals surface area contributed by atoms with Gasteiger partial charge in [-0.1, -0.05) is 0 Å². The molecule has 92 valence electrons. The number of nitrogens with one attached hydrogen (secondary N) is 3. The minimum atomic E-state index is -3.65. The van der Waals surface area contributed by atoms with Gasteiger partial charge in [-0.05, 0) is 7.05 Å². The number of hydrogen-bond donors (Lipinski definition) is 3. The van der Waals surface area contributed by atoms with Gasteiger partial charge in [0.15, 0.2) is 10.2 Å². The van der Waals surface area contributed by atoms with Crippen LogP contribution in [0, 0.1) is 0 Å². The van der Waals surface area contributed by atoms with Crippen molar-refractivity contribution in [2.45, 2.75) is 11.6 Å². The summed E-state index contributed by atoms with van der Waals surface area (Å²) < 4.78 is 26.4. The molecule has 0 saturated carbocycles. The Morgan fingerprint density at radius 3 is 3.00 bits per heavy atom. The lowest BCUT2D eigenvalue weighted by molar-refractivity contribution is 0.595. The zero-order valence-electron chi connectivity index (χ0n) is 8.97. The smallest absolute Gasteiger partial charge is 0.280 e. The van der Waals surface area contributed by atoms with E-state index in [1.54, 1.807) is 12.4 Å². The molecule has 0 radical (unpaired) electrons. The maximum absolute atomic E-state index is 12.0. The molecule has 0 unspecified atom stereocenters. The first-order valence-electron chi connectivity index (χ1n) is 4.72. The third-order valence-corrected chi connectivity index (χ3v) is 4.14. The number of nitrogens with zero attached hydrogens (tertiary/aromatic N) is 2. The summed E-state index contributed by atoms with van der Waals surface area (Å²) in [6, 6.07) is 0. The van der Waals surface area contributed by atoms with Gasteiger partial charge in [-0.15, -0.1) is 11.3 Å². The van der Waals surface area contributed by atoms with Crippen LogP contribution in [0.4, 0.5) is 5.13 Å². The second-order valence-corrected chi connectivity index (χ2v) is 5.71. The van der Waals surface area contributed by atoms with E-state index in [1.807, 2.05) is 0 Å². The van der Waals surface area contributed by atoms with Gasteiger partial charge in [0.1, 0.15) is 0 Å². The van der Waals surface area contributed by atoms with Gasteiger partial charge in [0, 0.05) is 23.7 Å². The molecule has 0 saturated heterocycles. The molecule has 17 heavy (non-hydrogen) atoms. The second kappa shape index (κ2) is 4.82. The van der Waals surface area contributed by atoms with Crippen LogP contribution in [0.15, 0.2) is 22.8 Å². The number of H-pyrrole nitrogens is 1. The summed E-state index contributed by atoms with van der Waals surface area (Å²) >= 11 is 1.21. The van der Waals surface area contributed by atoms with Crippen LogP contribution < -0.4 is 10.0 Å². The maximum atomic E-state index is 12.0. The van der Waals surface area contributed by atoms with Crippen LogP contribution in [0.3, 0.4) is 0 Å². The summed E-state index contributed by atoms with van der Waals surface area (Å²) in [7, 11) is -1.92. The number of anilines is 1. The Bertz CT molecular complexity index is 575. The van der Waals surface area contributed by atoms with Crippen molar-refractivity contribution in [3.05, 3.63) is 23.3 Å². The molecule has 3 N–H and O–H groups in total. The average molecular weight is 273 g/mol. The minimum absolute atomic E-state index is 0.0575. The van der Waals surface area contributed by atoms with Gasteiger partial charge >= 0.3 is 0 Å². The third kappa shape index (κ3) is 2.62. The van der Waals surface area contributed by atoms with Gasteiger partial charge in [-0.25, -0.2) is 4.98 Å². The molecule has 0 spiro atoms. The first-order valence-corrected chi connectivity index (χ1v) is 7.09. The quantitative estimate of drug-likeness (QED) is 0.731. The molecule has 9 heteroatoms. The van der Waals surface area contributed by atoms with Crippen LogP contribution in [0.25, 0.3) is 0 Å². The molecule has 2 rings (SSSR count). The van der Waals surface area contributed by atoms with E-state index in [0.717, 1.165) is 0 Å². The number of aromatic amines is 1. The van der Waals surface area contributed by atoms with Crippen molar-refractivity contribution < 1.29 is 8.42 Å². The van der Waals surface area contributed by atoms with Gasteiger partial charge in [-0.2, -0.15) is 13.5 Å². The average Bonchev–Trinajstić information content (AvgIpc) is 2.88. The Hall–Kier alpha value is -1.45. The Morgan fingerprint density at radius 2 is 2.35 bits per heavy atom. The van der Waals surface area contributed by atoms with E-state index in [1.165, 1.54) is 23.7 Å². The highest BCUT2D eigenvalue weighted by atomic mass is 32.2. The number of sulfonamides is 1. The summed E-state index contributed by atoms with van der Waals surface area (Å²) in [6.07, 6.45) is 3.01. The highest BCUT2D eigenvalue weighted by Crippen LogP contribution is 2.18. The number of hydrogen-bond acceptors (Lipinski definition) is 6. The number of thiazole rings is 1. The Balaban J connectivity index is 2.28. The Kier molecular flexibility index (Phi) is 3.41. The summed E-state index contributed by atoms with van der Waals surface area (Å²) in [4.78, 5) is 3.87. The summed E-state index contributed by atoms with van der Waals surface area (Å²) in [5.41, 5.74) is 0.580. The van der Waals surface area contributed by atoms with Gasteiger partial charge in [0.2, 0.25) is 0 Å². The van der Waals surface area contributed by atoms with Crippen molar-refractivity contribution in [2.24, 2.45) is 0 Å². The van der Waals surface area contributed by atoms with E-state index in [-0.39, 0.29) is 5.03 Å². The summed E-state index contributed by atoms with van der Waals surface area (Å²) in [5, 5.41) is 11.2. The molecule has 7 nitrogen and oxygen atoms in total. The van der Waals surface area contributed by atoms with E-state index in [0.29, 0.717) is 17.2 Å². The molecule has 0 aliphatic heterocycles. The minimum Gasteiger partial charge on any atom is -0.316 e. The van der Waals surface area contributed by atoms with E-state index >= 15 is 0 Å². The van der Waals surface area contributed by atoms with Crippen LogP contribution in [-0.4, -0.2) is 30.6 Å². The first kappa shape index (κ1) is 12.0. The molecule has 2 aromatic rings. The maximum Gasteiger partial charge on any atom is 0.280 e. The van der Waals surface area contributed by atoms with Crippen molar-refractivity contribution in [2.75, 3.05) is 11.8 Å². The van der Waals surface area contributed by atoms with Gasteiger partial charge in [0.25, 0.3) is 10.0 Å². The first-order chi connectivity index (χ1) is 8.13. The van der Waals surface area contributed by atoms with Crippen LogP contribution in [0.5, 0.6) is 0 Å². The predicted octanol–water partition coefficient (Wildman–Crippen LogP) is 0.386. The van der Waals surface area contributed by atoms with Crippen LogP contribution in [-0.2, 0) is 16.6 Å². The molecule has 0 fully saturated rings. The van der Waals surface area contributed by atoms with Gasteiger partial charge in [0.05, 0.1) is 6.20 Å². The zero-order valence-corrected chi connectivity index (χ0v) is 10.6. The van der Waals surface area contributed by atoms with Crippen molar-refractivity contribution in [1.29, 1.82) is 0 Å². The fraction of sp³-hybridized carbons (Fsp3) is 0.250. The van der Waals surface area contributed by atoms with Crippen molar-refractivity contribution in [1.82, 2.24) is 20.5 Å². The monoisotopic (exact) mass is 273 g/mol. The second-order valence-electron chi connectivity index (χ2n) is 3.20. The van der Waals surface area contributed by atoms with E-state index < -0.39 is 10.0 Å². The molecule has 0 aliphatic carbocycles. The van der Waals surface area contributed by atoms with Crippen molar-refractivity contribution in [3.63, 3.8) is 0 Å².